The summed E-state index contributed by atoms with van der Waals surface area (Å²) in [4.78, 5) is 38.0. The minimum atomic E-state index is -2.91. The van der Waals surface area contributed by atoms with Crippen LogP contribution in [0.25, 0.3) is 84.1 Å². The van der Waals surface area contributed by atoms with Crippen molar-refractivity contribution >= 4 is 38.0 Å². The molecule has 0 amide bonds. The van der Waals surface area contributed by atoms with E-state index in [4.69, 9.17) is 15.0 Å². The van der Waals surface area contributed by atoms with Crippen LogP contribution in [0.3, 0.4) is 0 Å². The van der Waals surface area contributed by atoms with E-state index < -0.39 is 9.84 Å². The molecule has 3 fully saturated rings. The maximum atomic E-state index is 11.6. The van der Waals surface area contributed by atoms with Crippen molar-refractivity contribution in [3.8, 4) is 67.5 Å². The lowest BCUT2D eigenvalue weighted by Gasteiger charge is -2.25. The van der Waals surface area contributed by atoms with Crippen molar-refractivity contribution in [1.29, 1.82) is 0 Å². The van der Waals surface area contributed by atoms with Gasteiger partial charge in [0.25, 0.3) is 0 Å². The van der Waals surface area contributed by atoms with E-state index in [-0.39, 0.29) is 17.5 Å². The zero-order valence-electron chi connectivity index (χ0n) is 52.8. The highest BCUT2D eigenvalue weighted by atomic mass is 32.2. The second-order valence-corrected chi connectivity index (χ2v) is 26.7. The van der Waals surface area contributed by atoms with Gasteiger partial charge in [-0.25, -0.2) is 36.9 Å². The molecule has 92 heavy (non-hydrogen) atoms. The first kappa shape index (κ1) is 61.3. The molecule has 0 bridgehead atoms. The standard InChI is InChI=1S/2C23H27N7O.C20H23N7O2S/c2*1-3-19(4-2)29-14-18(11-26-29)23-22-7-8-24-30(22)15-21(27-23)17-10-25-28(13-17)12-16-5-6-20(31)9-16;1-3-16(4-2)25-10-15(8-23-25)20-19-5-6-21-27(19)11-18(24-20)14-7-22-26(9-14)17-12-30(28,29)13-17/h2*7-8,10-11,13-16,19H,3-6,9,12H2,1-2H3;5-11,16-17H,3-4,12-13H2,1-2H3/t2*16-;/m10./s1. The molecular formula is C66H77N21O4S. The summed E-state index contributed by atoms with van der Waals surface area (Å²) >= 11 is 0. The topological polar surface area (TPSA) is 266 Å². The predicted octanol–water partition coefficient (Wildman–Crippen LogP) is 11.2. The van der Waals surface area contributed by atoms with Crippen LogP contribution in [0.5, 0.6) is 0 Å². The Bertz CT molecular complexity index is 4470. The van der Waals surface area contributed by atoms with Gasteiger partial charge in [-0.15, -0.1) is 0 Å². The van der Waals surface area contributed by atoms with E-state index >= 15 is 0 Å². The van der Waals surface area contributed by atoms with Gasteiger partial charge < -0.3 is 0 Å². The van der Waals surface area contributed by atoms with Crippen molar-refractivity contribution in [3.63, 3.8) is 0 Å². The van der Waals surface area contributed by atoms with Gasteiger partial charge in [0, 0.05) is 109 Å². The molecule has 13 heterocycles. The molecule has 0 unspecified atom stereocenters. The van der Waals surface area contributed by atoms with E-state index in [0.29, 0.717) is 67.2 Å². The van der Waals surface area contributed by atoms with Crippen LogP contribution in [0.4, 0.5) is 0 Å². The molecule has 25 nitrogen and oxygen atoms in total. The van der Waals surface area contributed by atoms with Crippen LogP contribution in [0, 0.1) is 11.8 Å². The first-order valence-electron chi connectivity index (χ1n) is 32.3. The lowest BCUT2D eigenvalue weighted by Crippen LogP contribution is -2.38. The van der Waals surface area contributed by atoms with Crippen LogP contribution in [0.1, 0.15) is 143 Å². The number of carbonyl (C=O) groups excluding carboxylic acids is 2. The third kappa shape index (κ3) is 12.9. The maximum Gasteiger partial charge on any atom is 0.154 e. The second kappa shape index (κ2) is 26.3. The molecule has 0 spiro atoms. The summed E-state index contributed by atoms with van der Waals surface area (Å²) in [6.07, 6.45) is 45.0. The van der Waals surface area contributed by atoms with Gasteiger partial charge in [0.1, 0.15) is 11.6 Å². The minimum Gasteiger partial charge on any atom is -0.300 e. The summed E-state index contributed by atoms with van der Waals surface area (Å²) in [5.74, 6) is 1.77. The van der Waals surface area contributed by atoms with Crippen molar-refractivity contribution in [1.82, 2.24) is 102 Å². The molecular weight excluding hydrogens is 1180 g/mol. The average molecular weight is 1260 g/mol. The Hall–Kier alpha value is -9.59. The zero-order chi connectivity index (χ0) is 63.6. The third-order valence-electron chi connectivity index (χ3n) is 18.4. The first-order valence-corrected chi connectivity index (χ1v) is 34.1. The van der Waals surface area contributed by atoms with Gasteiger partial charge in [0.05, 0.1) is 161 Å². The van der Waals surface area contributed by atoms with Crippen LogP contribution in [0.2, 0.25) is 0 Å². The van der Waals surface area contributed by atoms with E-state index in [2.05, 4.69) is 99.8 Å². The number of hydrogen-bond acceptors (Lipinski definition) is 16. The molecule has 15 rings (SSSR count). The van der Waals surface area contributed by atoms with Gasteiger partial charge in [-0.3, -0.25) is 37.7 Å². The Morgan fingerprint density at radius 2 is 0.772 bits per heavy atom. The Morgan fingerprint density at radius 3 is 1.11 bits per heavy atom. The number of carbonyl (C=O) groups is 2. The summed E-state index contributed by atoms with van der Waals surface area (Å²) in [5.41, 5.74) is 13.3. The predicted molar refractivity (Wildman–Crippen MR) is 348 cm³/mol. The van der Waals surface area contributed by atoms with Crippen LogP contribution in [-0.2, 0) is 32.5 Å². The highest BCUT2D eigenvalue weighted by molar-refractivity contribution is 7.92. The van der Waals surface area contributed by atoms with Gasteiger partial charge in [-0.2, -0.15) is 45.9 Å². The summed E-state index contributed by atoms with van der Waals surface area (Å²) < 4.78 is 40.2. The molecule has 12 aromatic rings. The number of sulfone groups is 1. The fourth-order valence-electron chi connectivity index (χ4n) is 13.0. The Morgan fingerprint density at radius 1 is 0.424 bits per heavy atom. The normalized spacial score (nSPS) is 16.6. The van der Waals surface area contributed by atoms with Crippen molar-refractivity contribution in [2.24, 2.45) is 11.8 Å². The fraction of sp³-hybridized carbons (Fsp3) is 0.424. The number of nitrogens with zero attached hydrogens (tertiary/aromatic N) is 21. The maximum absolute atomic E-state index is 11.6. The van der Waals surface area contributed by atoms with Crippen LogP contribution < -0.4 is 0 Å². The van der Waals surface area contributed by atoms with Crippen LogP contribution in [-0.4, -0.2) is 134 Å². The van der Waals surface area contributed by atoms with Crippen LogP contribution in [0.15, 0.2) is 130 Å². The monoisotopic (exact) mass is 1260 g/mol. The van der Waals surface area contributed by atoms with Gasteiger partial charge >= 0.3 is 0 Å². The lowest BCUT2D eigenvalue weighted by molar-refractivity contribution is -0.118. The Balaban J connectivity index is 0.000000126. The zero-order valence-corrected chi connectivity index (χ0v) is 53.7. The molecule has 476 valence electrons. The number of ketones is 2. The summed E-state index contributed by atoms with van der Waals surface area (Å²) in [6.45, 7) is 14.6. The molecule has 1 saturated heterocycles. The first-order chi connectivity index (χ1) is 44.7. The van der Waals surface area contributed by atoms with E-state index in [1.807, 2.05) is 125 Å². The number of rotatable bonds is 20. The largest absolute Gasteiger partial charge is 0.300 e. The summed E-state index contributed by atoms with van der Waals surface area (Å²) in [7, 11) is -2.91. The molecule has 3 aliphatic rings. The molecule has 2 saturated carbocycles. The van der Waals surface area contributed by atoms with Gasteiger partial charge in [0.15, 0.2) is 9.84 Å². The van der Waals surface area contributed by atoms with Gasteiger partial charge in [0.2, 0.25) is 0 Å². The van der Waals surface area contributed by atoms with E-state index in [1.54, 1.807) is 34.0 Å². The third-order valence-corrected chi connectivity index (χ3v) is 20.1. The van der Waals surface area contributed by atoms with E-state index in [9.17, 15) is 18.0 Å². The smallest absolute Gasteiger partial charge is 0.154 e. The van der Waals surface area contributed by atoms with E-state index in [0.717, 1.165) is 149 Å². The fourth-order valence-corrected chi connectivity index (χ4v) is 14.4. The molecule has 12 aromatic heterocycles. The second-order valence-electron chi connectivity index (χ2n) is 24.6. The number of hydrogen-bond donors (Lipinski definition) is 0. The molecule has 2 atom stereocenters. The highest BCUT2D eigenvalue weighted by Crippen LogP contribution is 2.34. The number of aromatic nitrogens is 21. The Labute approximate surface area is 532 Å². The Kier molecular flexibility index (Phi) is 17.5. The van der Waals surface area contributed by atoms with Crippen molar-refractivity contribution < 1.29 is 18.0 Å². The van der Waals surface area contributed by atoms with Crippen LogP contribution >= 0.6 is 0 Å². The average Bonchev–Trinajstić information content (AvgIpc) is 1.59. The van der Waals surface area contributed by atoms with Crippen molar-refractivity contribution in [2.75, 3.05) is 11.5 Å². The van der Waals surface area contributed by atoms with Gasteiger partial charge in [-0.05, 0) is 81.4 Å². The lowest BCUT2D eigenvalue weighted by atomic mass is 10.1. The van der Waals surface area contributed by atoms with Crippen molar-refractivity contribution in [2.45, 2.75) is 156 Å². The highest BCUT2D eigenvalue weighted by Gasteiger charge is 2.35. The van der Waals surface area contributed by atoms with E-state index in [1.165, 1.54) is 0 Å². The molecule has 2 aliphatic carbocycles. The summed E-state index contributed by atoms with van der Waals surface area (Å²) in [6, 6.07) is 6.91. The van der Waals surface area contributed by atoms with Crippen molar-refractivity contribution in [3.05, 3.63) is 130 Å². The number of Topliss-reactive ketones (excluding diaryl/α,β-unsaturated/α-hetero) is 2. The molecule has 0 aromatic carbocycles. The minimum absolute atomic E-state index is 0.102. The molecule has 0 radical (unpaired) electrons. The molecule has 1 aliphatic heterocycles. The summed E-state index contributed by atoms with van der Waals surface area (Å²) in [5, 5.41) is 40.5. The van der Waals surface area contributed by atoms with Gasteiger partial charge in [-0.1, -0.05) is 41.5 Å². The number of fused-ring (bicyclic) bond motifs is 3. The molecule has 0 N–H and O–H groups in total. The quantitative estimate of drug-likeness (QED) is 0.0686. The SMILES string of the molecule is CCC(CC)n1cc(-c2nc(-c3cnn(C4CS(=O)(=O)C4)c3)cn3nccc23)cn1.CCC(CC)n1cc(-c2nc(-c3cnn(C[C@@H]4CCC(=O)C4)c3)cn3nccc23)cn1.CCC(CC)n1cc(-c2nc(-c3cnn(C[C@H]4CCC(=O)C4)c3)cn3nccc23)cn1. The molecule has 26 heteroatoms.